The molecule has 0 bridgehead atoms. The molecule has 3 heterocycles. The van der Waals surface area contributed by atoms with Crippen molar-refractivity contribution in [3.63, 3.8) is 0 Å². The third-order valence-corrected chi connectivity index (χ3v) is 2.70. The number of aromatic nitrogens is 3. The number of pyridine rings is 1. The molecule has 0 aliphatic carbocycles. The Morgan fingerprint density at radius 3 is 2.82 bits per heavy atom. The Morgan fingerprint density at radius 1 is 1.29 bits per heavy atom. The van der Waals surface area contributed by atoms with Gasteiger partial charge in [0, 0.05) is 25.0 Å². The third-order valence-electron chi connectivity index (χ3n) is 2.70. The number of carbonyl (C=O) groups excluding carboxylic acids is 1. The fourth-order valence-electron chi connectivity index (χ4n) is 1.81. The molecule has 0 spiro atoms. The van der Waals surface area contributed by atoms with Gasteiger partial charge in [-0.25, -0.2) is 10.4 Å². The summed E-state index contributed by atoms with van der Waals surface area (Å²) in [5, 5.41) is 0. The molecule has 1 aliphatic heterocycles. The number of nitrogens with one attached hydrogen (secondary N) is 3. The van der Waals surface area contributed by atoms with Crippen molar-refractivity contribution in [2.75, 3.05) is 0 Å². The summed E-state index contributed by atoms with van der Waals surface area (Å²) < 4.78 is 0. The number of hydrazine groups is 1. The number of hydrogen-bond donors (Lipinski definition) is 3. The Morgan fingerprint density at radius 2 is 2.24 bits per heavy atom. The molecule has 2 aromatic heterocycles. The summed E-state index contributed by atoms with van der Waals surface area (Å²) >= 11 is 0. The minimum atomic E-state index is 0.000603. The van der Waals surface area contributed by atoms with E-state index in [1.54, 1.807) is 18.6 Å². The van der Waals surface area contributed by atoms with Gasteiger partial charge in [-0.3, -0.25) is 15.2 Å². The highest BCUT2D eigenvalue weighted by Gasteiger charge is 2.22. The number of amides is 1. The molecule has 6 heteroatoms. The molecule has 0 aromatic carbocycles. The molecule has 86 valence electrons. The van der Waals surface area contributed by atoms with Crippen molar-refractivity contribution in [3.05, 3.63) is 36.3 Å². The van der Waals surface area contributed by atoms with Crippen molar-refractivity contribution < 1.29 is 4.79 Å². The van der Waals surface area contributed by atoms with Gasteiger partial charge in [-0.15, -0.1) is 0 Å². The van der Waals surface area contributed by atoms with Crippen LogP contribution in [0.25, 0.3) is 11.5 Å². The monoisotopic (exact) mass is 229 g/mol. The van der Waals surface area contributed by atoms with E-state index in [1.807, 2.05) is 12.1 Å². The minimum Gasteiger partial charge on any atom is -0.343 e. The van der Waals surface area contributed by atoms with Crippen LogP contribution in [0.2, 0.25) is 0 Å². The summed E-state index contributed by atoms with van der Waals surface area (Å²) in [7, 11) is 0. The van der Waals surface area contributed by atoms with Crippen LogP contribution >= 0.6 is 0 Å². The van der Waals surface area contributed by atoms with E-state index in [-0.39, 0.29) is 11.9 Å². The van der Waals surface area contributed by atoms with Gasteiger partial charge in [-0.05, 0) is 11.6 Å². The first kappa shape index (κ1) is 9.98. The number of rotatable bonds is 2. The molecule has 2 aromatic rings. The largest absolute Gasteiger partial charge is 0.343 e. The lowest BCUT2D eigenvalue weighted by atomic mass is 10.1. The molecular weight excluding hydrogens is 218 g/mol. The Bertz CT molecular complexity index is 519. The van der Waals surface area contributed by atoms with Gasteiger partial charge in [0.2, 0.25) is 5.91 Å². The van der Waals surface area contributed by atoms with E-state index in [4.69, 9.17) is 0 Å². The van der Waals surface area contributed by atoms with E-state index in [9.17, 15) is 4.79 Å². The first-order chi connectivity index (χ1) is 8.33. The Balaban J connectivity index is 1.83. The number of carbonyl (C=O) groups is 1. The van der Waals surface area contributed by atoms with Crippen LogP contribution in [0.15, 0.2) is 30.7 Å². The SMILES string of the molecule is O=C1CC(c2ccc(-c3ncc[nH]3)nc2)NN1. The molecule has 0 saturated carbocycles. The average molecular weight is 229 g/mol. The van der Waals surface area contributed by atoms with Crippen LogP contribution in [0.5, 0.6) is 0 Å². The summed E-state index contributed by atoms with van der Waals surface area (Å²) in [5.41, 5.74) is 7.26. The predicted octanol–water partition coefficient (Wildman–Crippen LogP) is 0.537. The van der Waals surface area contributed by atoms with Crippen LogP contribution in [-0.2, 0) is 4.79 Å². The summed E-state index contributed by atoms with van der Waals surface area (Å²) in [5.74, 6) is 0.746. The molecule has 6 nitrogen and oxygen atoms in total. The van der Waals surface area contributed by atoms with Crippen molar-refractivity contribution in [2.45, 2.75) is 12.5 Å². The van der Waals surface area contributed by atoms with Crippen molar-refractivity contribution in [3.8, 4) is 11.5 Å². The first-order valence-corrected chi connectivity index (χ1v) is 5.33. The molecule has 3 N–H and O–H groups in total. The lowest BCUT2D eigenvalue weighted by Gasteiger charge is -2.08. The van der Waals surface area contributed by atoms with E-state index in [0.29, 0.717) is 6.42 Å². The minimum absolute atomic E-state index is 0.000603. The average Bonchev–Trinajstić information content (AvgIpc) is 3.00. The fraction of sp³-hybridized carbons (Fsp3) is 0.182. The highest BCUT2D eigenvalue weighted by atomic mass is 16.2. The highest BCUT2D eigenvalue weighted by Crippen LogP contribution is 2.20. The van der Waals surface area contributed by atoms with Crippen LogP contribution in [0, 0.1) is 0 Å². The molecule has 1 atom stereocenters. The molecule has 3 rings (SSSR count). The van der Waals surface area contributed by atoms with E-state index in [2.05, 4.69) is 25.8 Å². The fourth-order valence-corrected chi connectivity index (χ4v) is 1.81. The number of H-pyrrole nitrogens is 1. The van der Waals surface area contributed by atoms with E-state index < -0.39 is 0 Å². The smallest absolute Gasteiger partial charge is 0.236 e. The first-order valence-electron chi connectivity index (χ1n) is 5.33. The summed E-state index contributed by atoms with van der Waals surface area (Å²) in [6.07, 6.45) is 5.65. The maximum absolute atomic E-state index is 11.1. The van der Waals surface area contributed by atoms with Crippen LogP contribution in [0.4, 0.5) is 0 Å². The van der Waals surface area contributed by atoms with Crippen LogP contribution < -0.4 is 10.9 Å². The highest BCUT2D eigenvalue weighted by molar-refractivity contribution is 5.78. The van der Waals surface area contributed by atoms with Gasteiger partial charge in [0.15, 0.2) is 5.82 Å². The Kier molecular flexibility index (Phi) is 2.34. The quantitative estimate of drug-likeness (QED) is 0.701. The van der Waals surface area contributed by atoms with E-state index in [0.717, 1.165) is 17.1 Å². The number of nitrogens with zero attached hydrogens (tertiary/aromatic N) is 2. The van der Waals surface area contributed by atoms with Crippen LogP contribution in [0.3, 0.4) is 0 Å². The predicted molar refractivity (Wildman–Crippen MR) is 60.5 cm³/mol. The van der Waals surface area contributed by atoms with Crippen molar-refractivity contribution in [2.24, 2.45) is 0 Å². The lowest BCUT2D eigenvalue weighted by molar-refractivity contribution is -0.119. The van der Waals surface area contributed by atoms with E-state index in [1.165, 1.54) is 0 Å². The van der Waals surface area contributed by atoms with Crippen molar-refractivity contribution in [1.82, 2.24) is 25.8 Å². The van der Waals surface area contributed by atoms with Crippen LogP contribution in [-0.4, -0.2) is 20.9 Å². The molecule has 1 unspecified atom stereocenters. The van der Waals surface area contributed by atoms with Crippen molar-refractivity contribution in [1.29, 1.82) is 0 Å². The zero-order valence-corrected chi connectivity index (χ0v) is 8.97. The number of imidazole rings is 1. The number of aromatic amines is 1. The summed E-state index contributed by atoms with van der Waals surface area (Å²) in [6.45, 7) is 0. The maximum atomic E-state index is 11.1. The summed E-state index contributed by atoms with van der Waals surface area (Å²) in [6, 6.07) is 3.84. The molecule has 17 heavy (non-hydrogen) atoms. The number of hydrogen-bond acceptors (Lipinski definition) is 4. The molecule has 1 saturated heterocycles. The standard InChI is InChI=1S/C11H11N5O/c17-10-5-9(15-16-10)7-1-2-8(14-6-7)11-12-3-4-13-11/h1-4,6,9,15H,5H2,(H,12,13)(H,16,17). The third kappa shape index (κ3) is 1.90. The normalized spacial score (nSPS) is 19.3. The van der Waals surface area contributed by atoms with Gasteiger partial charge >= 0.3 is 0 Å². The molecule has 0 radical (unpaired) electrons. The zero-order valence-electron chi connectivity index (χ0n) is 8.97. The molecule has 1 amide bonds. The van der Waals surface area contributed by atoms with Gasteiger partial charge in [0.05, 0.1) is 6.04 Å². The van der Waals surface area contributed by atoms with Crippen molar-refractivity contribution >= 4 is 5.91 Å². The molecular formula is C11H11N5O. The van der Waals surface area contributed by atoms with Gasteiger partial charge < -0.3 is 4.98 Å². The lowest BCUT2D eigenvalue weighted by Crippen LogP contribution is -2.27. The summed E-state index contributed by atoms with van der Waals surface area (Å²) in [4.78, 5) is 22.5. The van der Waals surface area contributed by atoms with Gasteiger partial charge in [-0.1, -0.05) is 6.07 Å². The topological polar surface area (TPSA) is 82.7 Å². The zero-order chi connectivity index (χ0) is 11.7. The molecule has 1 fully saturated rings. The van der Waals surface area contributed by atoms with Gasteiger partial charge in [-0.2, -0.15) is 0 Å². The second-order valence-electron chi connectivity index (χ2n) is 3.86. The molecule has 1 aliphatic rings. The Hall–Kier alpha value is -2.21. The second-order valence-corrected chi connectivity index (χ2v) is 3.86. The van der Waals surface area contributed by atoms with Gasteiger partial charge in [0.1, 0.15) is 5.69 Å². The second kappa shape index (κ2) is 3.99. The maximum Gasteiger partial charge on any atom is 0.236 e. The van der Waals surface area contributed by atoms with Crippen LogP contribution in [0.1, 0.15) is 18.0 Å². The van der Waals surface area contributed by atoms with Gasteiger partial charge in [0.25, 0.3) is 0 Å². The van der Waals surface area contributed by atoms with E-state index >= 15 is 0 Å². The Labute approximate surface area is 97.5 Å².